The van der Waals surface area contributed by atoms with Crippen LogP contribution < -0.4 is 5.32 Å². The zero-order valence-electron chi connectivity index (χ0n) is 21.2. The molecule has 0 radical (unpaired) electrons. The van der Waals surface area contributed by atoms with E-state index in [1.165, 1.54) is 0 Å². The van der Waals surface area contributed by atoms with Crippen molar-refractivity contribution in [2.75, 3.05) is 32.5 Å². The summed E-state index contributed by atoms with van der Waals surface area (Å²) in [5.41, 5.74) is 3.16. The molecule has 0 spiro atoms. The highest BCUT2D eigenvalue weighted by Gasteiger charge is 2.20. The Morgan fingerprint density at radius 3 is 2.57 bits per heavy atom. The van der Waals surface area contributed by atoms with E-state index >= 15 is 0 Å². The Kier molecular flexibility index (Phi) is 7.35. The number of hydrogen-bond acceptors (Lipinski definition) is 7. The summed E-state index contributed by atoms with van der Waals surface area (Å²) in [6.07, 6.45) is 7.47. The van der Waals surface area contributed by atoms with Gasteiger partial charge in [0.15, 0.2) is 0 Å². The summed E-state index contributed by atoms with van der Waals surface area (Å²) < 4.78 is 7.47. The van der Waals surface area contributed by atoms with Crippen LogP contribution in [0.3, 0.4) is 0 Å². The predicted octanol–water partition coefficient (Wildman–Crippen LogP) is 4.72. The molecule has 1 fully saturated rings. The van der Waals surface area contributed by atoms with Gasteiger partial charge in [0.1, 0.15) is 5.60 Å². The first-order valence-corrected chi connectivity index (χ1v) is 12.0. The molecule has 3 aromatic rings. The third-order valence-electron chi connectivity index (χ3n) is 5.95. The van der Waals surface area contributed by atoms with Crippen molar-refractivity contribution in [1.82, 2.24) is 29.5 Å². The minimum atomic E-state index is -0.514. The highest BCUT2D eigenvalue weighted by atomic mass is 16.6. The van der Waals surface area contributed by atoms with Gasteiger partial charge in [0.25, 0.3) is 0 Å². The molecular weight excluding hydrogens is 442 g/mol. The SMILES string of the molecule is CN1CCC(n2cc(Nc3nccc(-c4ccc(CN(C)C(=O)OC(C)(C)C)cc4)n3)cn2)CC1. The molecule has 9 nitrogen and oxygen atoms in total. The number of hydrogen-bond donors (Lipinski definition) is 1. The number of piperidine rings is 1. The first kappa shape index (κ1) is 24.7. The van der Waals surface area contributed by atoms with Gasteiger partial charge in [-0.25, -0.2) is 14.8 Å². The van der Waals surface area contributed by atoms with Gasteiger partial charge in [0.05, 0.1) is 23.6 Å². The van der Waals surface area contributed by atoms with Crippen molar-refractivity contribution in [2.24, 2.45) is 0 Å². The van der Waals surface area contributed by atoms with Gasteiger partial charge in [-0.1, -0.05) is 24.3 Å². The number of anilines is 2. The maximum absolute atomic E-state index is 12.2. The van der Waals surface area contributed by atoms with E-state index in [-0.39, 0.29) is 6.09 Å². The van der Waals surface area contributed by atoms with E-state index in [0.29, 0.717) is 18.5 Å². The van der Waals surface area contributed by atoms with Crippen molar-refractivity contribution in [3.63, 3.8) is 0 Å². The van der Waals surface area contributed by atoms with Gasteiger partial charge in [-0.2, -0.15) is 5.10 Å². The highest BCUT2D eigenvalue weighted by Crippen LogP contribution is 2.24. The Morgan fingerprint density at radius 2 is 1.89 bits per heavy atom. The monoisotopic (exact) mass is 477 g/mol. The second-order valence-electron chi connectivity index (χ2n) is 10.2. The minimum absolute atomic E-state index is 0.341. The fourth-order valence-electron chi connectivity index (χ4n) is 4.03. The van der Waals surface area contributed by atoms with Crippen LogP contribution in [0.15, 0.2) is 48.9 Å². The molecule has 0 saturated carbocycles. The zero-order valence-corrected chi connectivity index (χ0v) is 21.2. The number of nitrogens with one attached hydrogen (secondary N) is 1. The Labute approximate surface area is 207 Å². The van der Waals surface area contributed by atoms with E-state index < -0.39 is 5.60 Å². The van der Waals surface area contributed by atoms with Crippen LogP contribution in [0.25, 0.3) is 11.3 Å². The maximum Gasteiger partial charge on any atom is 0.410 e. The van der Waals surface area contributed by atoms with Crippen LogP contribution in [0.5, 0.6) is 0 Å². The van der Waals surface area contributed by atoms with Crippen LogP contribution in [0.1, 0.15) is 45.2 Å². The maximum atomic E-state index is 12.2. The van der Waals surface area contributed by atoms with E-state index in [2.05, 4.69) is 32.3 Å². The third-order valence-corrected chi connectivity index (χ3v) is 5.95. The Balaban J connectivity index is 1.38. The molecular formula is C26H35N7O2. The molecule has 1 N–H and O–H groups in total. The van der Waals surface area contributed by atoms with Crippen LogP contribution in [0.4, 0.5) is 16.4 Å². The predicted molar refractivity (Wildman–Crippen MR) is 136 cm³/mol. The molecule has 2 aromatic heterocycles. The number of rotatable bonds is 6. The number of amides is 1. The molecule has 0 bridgehead atoms. The number of carbonyl (C=O) groups is 1. The van der Waals surface area contributed by atoms with Crippen molar-refractivity contribution in [1.29, 1.82) is 0 Å². The van der Waals surface area contributed by atoms with Crippen molar-refractivity contribution in [3.05, 3.63) is 54.5 Å². The lowest BCUT2D eigenvalue weighted by Gasteiger charge is -2.28. The fourth-order valence-corrected chi connectivity index (χ4v) is 4.03. The second kappa shape index (κ2) is 10.4. The smallest absolute Gasteiger partial charge is 0.410 e. The van der Waals surface area contributed by atoms with Crippen molar-refractivity contribution in [2.45, 2.75) is 51.8 Å². The highest BCUT2D eigenvalue weighted by molar-refractivity contribution is 5.68. The van der Waals surface area contributed by atoms with Gasteiger partial charge in [-0.15, -0.1) is 0 Å². The normalized spacial score (nSPS) is 15.1. The molecule has 0 unspecified atom stereocenters. The molecule has 4 rings (SSSR count). The van der Waals surface area contributed by atoms with E-state index in [0.717, 1.165) is 48.4 Å². The van der Waals surface area contributed by atoms with E-state index in [9.17, 15) is 4.79 Å². The summed E-state index contributed by atoms with van der Waals surface area (Å²) in [7, 11) is 3.89. The number of nitrogens with zero attached hydrogens (tertiary/aromatic N) is 6. The molecule has 35 heavy (non-hydrogen) atoms. The standard InChI is InChI=1S/C26H35N7O2/c1-26(2,3)35-25(34)32(5)17-19-6-8-20(9-7-19)23-10-13-27-24(30-23)29-21-16-28-33(18-21)22-11-14-31(4)15-12-22/h6-10,13,16,18,22H,11-12,14-15,17H2,1-5H3,(H,27,29,30). The summed E-state index contributed by atoms with van der Waals surface area (Å²) in [5, 5.41) is 7.83. The van der Waals surface area contributed by atoms with Gasteiger partial charge < -0.3 is 19.9 Å². The molecule has 1 aliphatic heterocycles. The van der Waals surface area contributed by atoms with Crippen LogP contribution in [-0.2, 0) is 11.3 Å². The largest absolute Gasteiger partial charge is 0.444 e. The van der Waals surface area contributed by atoms with E-state index in [1.54, 1.807) is 18.1 Å². The van der Waals surface area contributed by atoms with Gasteiger partial charge >= 0.3 is 6.09 Å². The lowest BCUT2D eigenvalue weighted by molar-refractivity contribution is 0.0285. The van der Waals surface area contributed by atoms with Gasteiger partial charge in [-0.05, 0) is 65.4 Å². The molecule has 0 aliphatic carbocycles. The number of likely N-dealkylation sites (tertiary alicyclic amines) is 1. The summed E-state index contributed by atoms with van der Waals surface area (Å²) in [6.45, 7) is 8.23. The van der Waals surface area contributed by atoms with Crippen LogP contribution >= 0.6 is 0 Å². The molecule has 1 saturated heterocycles. The van der Waals surface area contributed by atoms with Gasteiger partial charge in [-0.3, -0.25) is 4.68 Å². The van der Waals surface area contributed by atoms with E-state index in [1.807, 2.05) is 68.2 Å². The first-order valence-electron chi connectivity index (χ1n) is 12.0. The first-order chi connectivity index (χ1) is 16.7. The Hall–Kier alpha value is -3.46. The number of carbonyl (C=O) groups excluding carboxylic acids is 1. The number of aromatic nitrogens is 4. The number of ether oxygens (including phenoxy) is 1. The molecule has 1 amide bonds. The molecule has 9 heteroatoms. The zero-order chi connectivity index (χ0) is 25.0. The van der Waals surface area contributed by atoms with Crippen molar-refractivity contribution < 1.29 is 9.53 Å². The topological polar surface area (TPSA) is 88.4 Å². The molecule has 186 valence electrons. The average Bonchev–Trinajstić information content (AvgIpc) is 3.27. The number of benzene rings is 1. The van der Waals surface area contributed by atoms with E-state index in [4.69, 9.17) is 4.74 Å². The Bertz CT molecular complexity index is 1130. The van der Waals surface area contributed by atoms with Gasteiger partial charge in [0.2, 0.25) is 5.95 Å². The molecule has 0 atom stereocenters. The fraction of sp³-hybridized carbons (Fsp3) is 0.462. The van der Waals surface area contributed by atoms with Gasteiger partial charge in [0, 0.05) is 31.5 Å². The van der Waals surface area contributed by atoms with Crippen LogP contribution in [0, 0.1) is 0 Å². The minimum Gasteiger partial charge on any atom is -0.444 e. The summed E-state index contributed by atoms with van der Waals surface area (Å²) >= 11 is 0. The average molecular weight is 478 g/mol. The summed E-state index contributed by atoms with van der Waals surface area (Å²) in [6, 6.07) is 10.3. The lowest BCUT2D eigenvalue weighted by Crippen LogP contribution is -2.33. The molecule has 1 aliphatic rings. The summed E-state index contributed by atoms with van der Waals surface area (Å²) in [5.74, 6) is 0.527. The van der Waals surface area contributed by atoms with Crippen LogP contribution in [0.2, 0.25) is 0 Å². The van der Waals surface area contributed by atoms with Crippen molar-refractivity contribution in [3.8, 4) is 11.3 Å². The molecule has 3 heterocycles. The molecule has 1 aromatic carbocycles. The summed E-state index contributed by atoms with van der Waals surface area (Å²) in [4.78, 5) is 25.2. The quantitative estimate of drug-likeness (QED) is 0.550. The van der Waals surface area contributed by atoms with Crippen LogP contribution in [-0.4, -0.2) is 68.4 Å². The Morgan fingerprint density at radius 1 is 1.17 bits per heavy atom. The second-order valence-corrected chi connectivity index (χ2v) is 10.2. The van der Waals surface area contributed by atoms with Crippen molar-refractivity contribution >= 4 is 17.7 Å². The third kappa shape index (κ3) is 6.79. The lowest BCUT2D eigenvalue weighted by atomic mass is 10.1.